The summed E-state index contributed by atoms with van der Waals surface area (Å²) in [6.45, 7) is 7.67. The minimum absolute atomic E-state index is 0.00210. The molecule has 2 aromatic rings. The van der Waals surface area contributed by atoms with Gasteiger partial charge in [0.15, 0.2) is 0 Å². The van der Waals surface area contributed by atoms with Gasteiger partial charge >= 0.3 is 5.97 Å². The van der Waals surface area contributed by atoms with Crippen molar-refractivity contribution in [1.82, 2.24) is 5.32 Å². The first-order chi connectivity index (χ1) is 13.8. The lowest BCUT2D eigenvalue weighted by Crippen LogP contribution is -2.33. The third kappa shape index (κ3) is 5.65. The number of esters is 1. The molecule has 156 valence electrons. The van der Waals surface area contributed by atoms with Crippen LogP contribution in [-0.2, 0) is 9.53 Å². The number of nitrogens with one attached hydrogen (secondary N) is 2. The first kappa shape index (κ1) is 22.6. The number of nitrogens with two attached hydrogens (primary N) is 1. The third-order valence-electron chi connectivity index (χ3n) is 4.41. The maximum absolute atomic E-state index is 12.6. The predicted octanol–water partition coefficient (Wildman–Crippen LogP) is 3.26. The van der Waals surface area contributed by atoms with Crippen LogP contribution in [0, 0.1) is 12.8 Å². The van der Waals surface area contributed by atoms with E-state index in [9.17, 15) is 14.4 Å². The fourth-order valence-electron chi connectivity index (χ4n) is 3.06. The van der Waals surface area contributed by atoms with Crippen molar-refractivity contribution in [3.05, 3.63) is 51.9 Å². The Bertz CT molecular complexity index is 878. The van der Waals surface area contributed by atoms with Crippen LogP contribution in [0.3, 0.4) is 0 Å². The van der Waals surface area contributed by atoms with Gasteiger partial charge in [-0.1, -0.05) is 44.2 Å². The Hall–Kier alpha value is -2.71. The Morgan fingerprint density at radius 2 is 1.83 bits per heavy atom. The van der Waals surface area contributed by atoms with Crippen molar-refractivity contribution in [3.63, 3.8) is 0 Å². The highest BCUT2D eigenvalue weighted by atomic mass is 32.1. The molecule has 0 spiro atoms. The number of hydrogen-bond acceptors (Lipinski definition) is 6. The zero-order chi connectivity index (χ0) is 21.6. The van der Waals surface area contributed by atoms with Crippen molar-refractivity contribution in [2.24, 2.45) is 11.7 Å². The minimum atomic E-state index is -0.652. The van der Waals surface area contributed by atoms with E-state index in [1.54, 1.807) is 13.8 Å². The normalized spacial score (nSPS) is 11.9. The highest BCUT2D eigenvalue weighted by molar-refractivity contribution is 7.18. The largest absolute Gasteiger partial charge is 0.462 e. The third-order valence-corrected chi connectivity index (χ3v) is 5.63. The summed E-state index contributed by atoms with van der Waals surface area (Å²) in [6.07, 6.45) is 0. The molecule has 2 amide bonds. The number of carbonyl (C=O) groups is 3. The maximum Gasteiger partial charge on any atom is 0.341 e. The molecule has 1 aromatic heterocycles. The molecule has 7 nitrogen and oxygen atoms in total. The van der Waals surface area contributed by atoms with Gasteiger partial charge in [-0.25, -0.2) is 4.79 Å². The summed E-state index contributed by atoms with van der Waals surface area (Å²) in [7, 11) is 0. The predicted molar refractivity (Wildman–Crippen MR) is 114 cm³/mol. The monoisotopic (exact) mass is 417 g/mol. The van der Waals surface area contributed by atoms with Crippen molar-refractivity contribution in [2.75, 3.05) is 18.5 Å². The van der Waals surface area contributed by atoms with E-state index in [4.69, 9.17) is 10.5 Å². The average Bonchev–Trinajstić information content (AvgIpc) is 2.99. The van der Waals surface area contributed by atoms with Crippen LogP contribution in [0.15, 0.2) is 30.3 Å². The van der Waals surface area contributed by atoms with Crippen molar-refractivity contribution < 1.29 is 19.1 Å². The molecule has 0 radical (unpaired) electrons. The Balaban J connectivity index is 2.16. The molecule has 29 heavy (non-hydrogen) atoms. The maximum atomic E-state index is 12.6. The fourth-order valence-corrected chi connectivity index (χ4v) is 4.12. The van der Waals surface area contributed by atoms with Crippen LogP contribution in [0.4, 0.5) is 5.00 Å². The molecule has 0 aliphatic heterocycles. The Labute approximate surface area is 174 Å². The first-order valence-electron chi connectivity index (χ1n) is 9.44. The summed E-state index contributed by atoms with van der Waals surface area (Å²) < 4.78 is 5.06. The lowest BCUT2D eigenvalue weighted by molar-refractivity contribution is -0.115. The molecule has 4 N–H and O–H groups in total. The number of ether oxygens (including phenoxy) is 1. The number of thiophene rings is 1. The number of primary amides is 1. The number of benzene rings is 1. The van der Waals surface area contributed by atoms with Gasteiger partial charge in [-0.15, -0.1) is 11.3 Å². The van der Waals surface area contributed by atoms with Crippen LogP contribution >= 0.6 is 11.3 Å². The second-order valence-corrected chi connectivity index (χ2v) is 7.93. The average molecular weight is 418 g/mol. The molecule has 8 heteroatoms. The van der Waals surface area contributed by atoms with Crippen molar-refractivity contribution in [3.8, 4) is 0 Å². The molecule has 0 bridgehead atoms. The Kier molecular flexibility index (Phi) is 7.92. The van der Waals surface area contributed by atoms with E-state index >= 15 is 0 Å². The van der Waals surface area contributed by atoms with Crippen LogP contribution in [0.2, 0.25) is 0 Å². The summed E-state index contributed by atoms with van der Waals surface area (Å²) in [5.41, 5.74) is 7.06. The Morgan fingerprint density at radius 1 is 1.17 bits per heavy atom. The SMILES string of the molecule is CCOC(=O)c1c(NC(=O)CNC(c2ccccc2)C(C)C)sc(C(N)=O)c1C. The van der Waals surface area contributed by atoms with Crippen molar-refractivity contribution in [1.29, 1.82) is 0 Å². The number of carbonyl (C=O) groups excluding carboxylic acids is 3. The van der Waals surface area contributed by atoms with Crippen LogP contribution in [0.5, 0.6) is 0 Å². The molecular weight excluding hydrogens is 390 g/mol. The van der Waals surface area contributed by atoms with Crippen LogP contribution in [-0.4, -0.2) is 30.9 Å². The highest BCUT2D eigenvalue weighted by Gasteiger charge is 2.26. The van der Waals surface area contributed by atoms with E-state index in [2.05, 4.69) is 24.5 Å². The summed E-state index contributed by atoms with van der Waals surface area (Å²) in [6, 6.07) is 9.87. The van der Waals surface area contributed by atoms with Gasteiger partial charge in [0, 0.05) is 6.04 Å². The molecule has 0 fully saturated rings. The molecular formula is C21H27N3O4S. The fraction of sp³-hybridized carbons (Fsp3) is 0.381. The van der Waals surface area contributed by atoms with Gasteiger partial charge in [-0.05, 0) is 30.9 Å². The van der Waals surface area contributed by atoms with Gasteiger partial charge in [0.2, 0.25) is 5.91 Å². The molecule has 1 heterocycles. The van der Waals surface area contributed by atoms with E-state index in [0.29, 0.717) is 5.56 Å². The lowest BCUT2D eigenvalue weighted by Gasteiger charge is -2.22. The molecule has 1 unspecified atom stereocenters. The second kappa shape index (κ2) is 10.2. The zero-order valence-electron chi connectivity index (χ0n) is 17.1. The minimum Gasteiger partial charge on any atom is -0.462 e. The van der Waals surface area contributed by atoms with E-state index in [1.807, 2.05) is 30.3 Å². The van der Waals surface area contributed by atoms with Gasteiger partial charge < -0.3 is 21.1 Å². The Morgan fingerprint density at radius 3 is 2.38 bits per heavy atom. The quantitative estimate of drug-likeness (QED) is 0.543. The van der Waals surface area contributed by atoms with Crippen molar-refractivity contribution in [2.45, 2.75) is 33.7 Å². The van der Waals surface area contributed by atoms with E-state index in [0.717, 1.165) is 16.9 Å². The molecule has 0 saturated heterocycles. The number of rotatable bonds is 9. The zero-order valence-corrected chi connectivity index (χ0v) is 17.9. The summed E-state index contributed by atoms with van der Waals surface area (Å²) >= 11 is 0.979. The van der Waals surface area contributed by atoms with E-state index < -0.39 is 11.9 Å². The lowest BCUT2D eigenvalue weighted by atomic mass is 9.96. The van der Waals surface area contributed by atoms with Gasteiger partial charge in [0.25, 0.3) is 5.91 Å². The number of anilines is 1. The molecule has 1 atom stereocenters. The van der Waals surface area contributed by atoms with Gasteiger partial charge in [-0.3, -0.25) is 9.59 Å². The van der Waals surface area contributed by atoms with Crippen LogP contribution < -0.4 is 16.4 Å². The van der Waals surface area contributed by atoms with Crippen LogP contribution in [0.1, 0.15) is 58.0 Å². The molecule has 2 rings (SSSR count). The topological polar surface area (TPSA) is 111 Å². The van der Waals surface area contributed by atoms with Gasteiger partial charge in [-0.2, -0.15) is 0 Å². The standard InChI is InChI=1S/C21H27N3O4S/c1-5-28-21(27)16-13(4)18(19(22)26)29-20(16)24-15(25)11-23-17(12(2)3)14-9-7-6-8-10-14/h6-10,12,17,23H,5,11H2,1-4H3,(H2,22,26)(H,24,25). The van der Waals surface area contributed by atoms with Crippen molar-refractivity contribution >= 4 is 34.1 Å². The molecule has 1 aromatic carbocycles. The summed E-state index contributed by atoms with van der Waals surface area (Å²) in [4.78, 5) is 36.7. The highest BCUT2D eigenvalue weighted by Crippen LogP contribution is 2.33. The first-order valence-corrected chi connectivity index (χ1v) is 10.3. The van der Waals surface area contributed by atoms with Crippen LogP contribution in [0.25, 0.3) is 0 Å². The molecule has 0 saturated carbocycles. The summed E-state index contributed by atoms with van der Waals surface area (Å²) in [5.74, 6) is -1.30. The molecule has 0 aliphatic carbocycles. The smallest absolute Gasteiger partial charge is 0.341 e. The van der Waals surface area contributed by atoms with E-state index in [1.165, 1.54) is 0 Å². The summed E-state index contributed by atoms with van der Waals surface area (Å²) in [5, 5.41) is 6.24. The van der Waals surface area contributed by atoms with Gasteiger partial charge in [0.1, 0.15) is 5.00 Å². The van der Waals surface area contributed by atoms with Gasteiger partial charge in [0.05, 0.1) is 23.6 Å². The molecule has 0 aliphatic rings. The number of hydrogen-bond donors (Lipinski definition) is 3. The second-order valence-electron chi connectivity index (χ2n) is 6.91. The number of amides is 2. The van der Waals surface area contributed by atoms with E-state index in [-0.39, 0.29) is 46.5 Å².